The maximum atomic E-state index is 11.0. The fourth-order valence-corrected chi connectivity index (χ4v) is 1.31. The van der Waals surface area contributed by atoms with E-state index in [4.69, 9.17) is 9.94 Å². The minimum absolute atomic E-state index is 0.0564. The van der Waals surface area contributed by atoms with Gasteiger partial charge in [0.2, 0.25) is 5.91 Å². The molecule has 0 aromatic heterocycles. The normalized spacial score (nSPS) is 9.47. The van der Waals surface area contributed by atoms with Gasteiger partial charge in [0.05, 0.1) is 7.11 Å². The second-order valence-corrected chi connectivity index (χ2v) is 4.38. The van der Waals surface area contributed by atoms with Gasteiger partial charge in [0.1, 0.15) is 0 Å². The fraction of sp³-hybridized carbons (Fsp3) is 0.857. The van der Waals surface area contributed by atoms with Crippen LogP contribution in [0.4, 0.5) is 0 Å². The molecule has 1 N–H and O–H groups in total. The van der Waals surface area contributed by atoms with Crippen LogP contribution >= 0.6 is 0 Å². The van der Waals surface area contributed by atoms with Gasteiger partial charge in [-0.25, -0.2) is 5.06 Å². The summed E-state index contributed by atoms with van der Waals surface area (Å²) in [4.78, 5) is 25.7. The molecular formula is C14H29NO4. The molecule has 0 aromatic rings. The van der Waals surface area contributed by atoms with Crippen LogP contribution in [-0.4, -0.2) is 36.2 Å². The van der Waals surface area contributed by atoms with Crippen molar-refractivity contribution in [3.63, 3.8) is 0 Å². The minimum Gasteiger partial charge on any atom is -0.481 e. The Morgan fingerprint density at radius 2 is 1.47 bits per heavy atom. The maximum absolute atomic E-state index is 11.0. The molecule has 0 rings (SSSR count). The summed E-state index contributed by atoms with van der Waals surface area (Å²) in [5.41, 5.74) is 0. The molecule has 0 aliphatic heterocycles. The molecule has 1 amide bonds. The lowest BCUT2D eigenvalue weighted by atomic mass is 10.2. The third-order valence-corrected chi connectivity index (χ3v) is 2.61. The smallest absolute Gasteiger partial charge is 0.303 e. The largest absolute Gasteiger partial charge is 0.481 e. The molecule has 5 heteroatoms. The molecule has 0 aliphatic rings. The third-order valence-electron chi connectivity index (χ3n) is 2.61. The summed E-state index contributed by atoms with van der Waals surface area (Å²) in [5.74, 6) is -0.626. The van der Waals surface area contributed by atoms with Crippen LogP contribution in [0.2, 0.25) is 0 Å². The number of hydroxylamine groups is 2. The number of amides is 1. The molecule has 0 unspecified atom stereocenters. The average molecular weight is 275 g/mol. The van der Waals surface area contributed by atoms with Gasteiger partial charge in [-0.1, -0.05) is 39.5 Å². The second-order valence-electron chi connectivity index (χ2n) is 4.38. The zero-order valence-electron chi connectivity index (χ0n) is 12.8. The Morgan fingerprint density at radius 3 is 1.84 bits per heavy atom. The first-order chi connectivity index (χ1) is 8.99. The predicted molar refractivity (Wildman–Crippen MR) is 75.7 cm³/mol. The lowest BCUT2D eigenvalue weighted by Gasteiger charge is -2.12. The van der Waals surface area contributed by atoms with Gasteiger partial charge < -0.3 is 5.11 Å². The van der Waals surface area contributed by atoms with Gasteiger partial charge >= 0.3 is 5.97 Å². The van der Waals surface area contributed by atoms with E-state index in [1.165, 1.54) is 12.2 Å². The molecule has 0 aliphatic carbocycles. The zero-order chi connectivity index (χ0) is 15.1. The van der Waals surface area contributed by atoms with Crippen LogP contribution in [0.3, 0.4) is 0 Å². The summed E-state index contributed by atoms with van der Waals surface area (Å²) in [6, 6.07) is 0. The number of carbonyl (C=O) groups excluding carboxylic acids is 1. The van der Waals surface area contributed by atoms with Crippen molar-refractivity contribution in [2.24, 2.45) is 0 Å². The van der Waals surface area contributed by atoms with Gasteiger partial charge in [-0.15, -0.1) is 0 Å². The van der Waals surface area contributed by atoms with Crippen LogP contribution in [-0.2, 0) is 14.4 Å². The number of hydrogen-bond donors (Lipinski definition) is 1. The van der Waals surface area contributed by atoms with Crippen molar-refractivity contribution in [3.05, 3.63) is 0 Å². The molecule has 0 heterocycles. The Hall–Kier alpha value is -1.10. The standard InChI is InChI=1S/C8H17NO2.C6H12O2/c1-4-5-6-7-8(10)9(2)11-3;1-2-3-4-5-6(7)8/h4-7H2,1-3H3;2-5H2,1H3,(H,7,8). The summed E-state index contributed by atoms with van der Waals surface area (Å²) < 4.78 is 0. The molecule has 0 saturated heterocycles. The summed E-state index contributed by atoms with van der Waals surface area (Å²) >= 11 is 0. The number of nitrogens with zero attached hydrogens (tertiary/aromatic N) is 1. The molecule has 0 fully saturated rings. The van der Waals surface area contributed by atoms with Crippen LogP contribution in [0.1, 0.15) is 65.2 Å². The van der Waals surface area contributed by atoms with Gasteiger partial charge in [0.15, 0.2) is 0 Å². The van der Waals surface area contributed by atoms with E-state index in [0.29, 0.717) is 12.8 Å². The molecule has 114 valence electrons. The maximum Gasteiger partial charge on any atom is 0.303 e. The molecule has 5 nitrogen and oxygen atoms in total. The number of hydrogen-bond acceptors (Lipinski definition) is 3. The summed E-state index contributed by atoms with van der Waals surface area (Å²) in [6.45, 7) is 4.17. The number of carboxylic acid groups (broad SMARTS) is 1. The van der Waals surface area contributed by atoms with Crippen LogP contribution in [0.25, 0.3) is 0 Å². The monoisotopic (exact) mass is 275 g/mol. The van der Waals surface area contributed by atoms with Crippen molar-refractivity contribution in [1.29, 1.82) is 0 Å². The van der Waals surface area contributed by atoms with Crippen molar-refractivity contribution in [2.45, 2.75) is 65.2 Å². The van der Waals surface area contributed by atoms with Gasteiger partial charge in [0.25, 0.3) is 0 Å². The van der Waals surface area contributed by atoms with E-state index in [0.717, 1.165) is 38.5 Å². The van der Waals surface area contributed by atoms with E-state index in [2.05, 4.69) is 13.8 Å². The van der Waals surface area contributed by atoms with Crippen LogP contribution < -0.4 is 0 Å². The van der Waals surface area contributed by atoms with E-state index in [-0.39, 0.29) is 5.91 Å². The molecule has 0 radical (unpaired) electrons. The van der Waals surface area contributed by atoms with Crippen molar-refractivity contribution in [3.8, 4) is 0 Å². The van der Waals surface area contributed by atoms with Crippen molar-refractivity contribution < 1.29 is 19.5 Å². The molecule has 0 bridgehead atoms. The Kier molecular flexibility index (Phi) is 15.9. The van der Waals surface area contributed by atoms with Crippen molar-refractivity contribution in [1.82, 2.24) is 5.06 Å². The van der Waals surface area contributed by atoms with Crippen LogP contribution in [0, 0.1) is 0 Å². The average Bonchev–Trinajstić information content (AvgIpc) is 2.38. The highest BCUT2D eigenvalue weighted by Gasteiger charge is 2.05. The topological polar surface area (TPSA) is 66.8 Å². The molecular weight excluding hydrogens is 246 g/mol. The first kappa shape index (κ1) is 20.2. The van der Waals surface area contributed by atoms with E-state index in [1.54, 1.807) is 7.05 Å². The van der Waals surface area contributed by atoms with Crippen molar-refractivity contribution >= 4 is 11.9 Å². The number of carboxylic acids is 1. The fourth-order valence-electron chi connectivity index (χ4n) is 1.31. The highest BCUT2D eigenvalue weighted by molar-refractivity contribution is 5.74. The number of unbranched alkanes of at least 4 members (excludes halogenated alkanes) is 4. The first-order valence-electron chi connectivity index (χ1n) is 7.01. The van der Waals surface area contributed by atoms with Gasteiger partial charge in [-0.05, 0) is 12.8 Å². The molecule has 0 aromatic carbocycles. The summed E-state index contributed by atoms with van der Waals surface area (Å²) in [5, 5.41) is 9.41. The lowest BCUT2D eigenvalue weighted by Crippen LogP contribution is -2.24. The number of carbonyl (C=O) groups is 2. The van der Waals surface area contributed by atoms with E-state index < -0.39 is 5.97 Å². The minimum atomic E-state index is -0.682. The third kappa shape index (κ3) is 16.9. The quantitative estimate of drug-likeness (QED) is 0.518. The predicted octanol–water partition coefficient (Wildman–Crippen LogP) is 3.24. The van der Waals surface area contributed by atoms with E-state index in [1.807, 2.05) is 0 Å². The number of aliphatic carboxylic acids is 1. The van der Waals surface area contributed by atoms with Gasteiger partial charge in [-0.3, -0.25) is 14.4 Å². The SMILES string of the molecule is CCCCCC(=O)N(C)OC.CCCCCC(=O)O. The van der Waals surface area contributed by atoms with E-state index >= 15 is 0 Å². The van der Waals surface area contributed by atoms with Crippen LogP contribution in [0.5, 0.6) is 0 Å². The Morgan fingerprint density at radius 1 is 1.00 bits per heavy atom. The molecule has 19 heavy (non-hydrogen) atoms. The molecule has 0 spiro atoms. The second kappa shape index (κ2) is 15.0. The zero-order valence-corrected chi connectivity index (χ0v) is 12.8. The van der Waals surface area contributed by atoms with E-state index in [9.17, 15) is 9.59 Å². The Bertz CT molecular complexity index is 231. The summed E-state index contributed by atoms with van der Waals surface area (Å²) in [7, 11) is 3.13. The highest BCUT2D eigenvalue weighted by Crippen LogP contribution is 2.01. The Balaban J connectivity index is 0. The van der Waals surface area contributed by atoms with Gasteiger partial charge in [0, 0.05) is 19.9 Å². The lowest BCUT2D eigenvalue weighted by molar-refractivity contribution is -0.168. The van der Waals surface area contributed by atoms with Crippen LogP contribution in [0.15, 0.2) is 0 Å². The first-order valence-corrected chi connectivity index (χ1v) is 7.01. The molecule has 0 atom stereocenters. The molecule has 0 saturated carbocycles. The summed E-state index contributed by atoms with van der Waals surface area (Å²) in [6.07, 6.45) is 7.09. The highest BCUT2D eigenvalue weighted by atomic mass is 16.7. The van der Waals surface area contributed by atoms with Gasteiger partial charge in [-0.2, -0.15) is 0 Å². The van der Waals surface area contributed by atoms with Crippen molar-refractivity contribution in [2.75, 3.05) is 14.2 Å². The number of rotatable bonds is 9. The Labute approximate surface area is 116 Å².